The molecule has 0 spiro atoms. The zero-order chi connectivity index (χ0) is 23.7. The van der Waals surface area contributed by atoms with Crippen LogP contribution in [0.3, 0.4) is 0 Å². The molecular weight excluding hydrogens is 417 g/mol. The molecule has 0 saturated heterocycles. The van der Waals surface area contributed by atoms with Crippen molar-refractivity contribution in [1.82, 2.24) is 0 Å². The molecule has 6 heteroatoms. The summed E-state index contributed by atoms with van der Waals surface area (Å²) in [5.41, 5.74) is 0.455. The molecule has 4 rings (SSSR count). The predicted molar refractivity (Wildman–Crippen MR) is 118 cm³/mol. The molecule has 9 atom stereocenters. The van der Waals surface area contributed by atoms with E-state index in [2.05, 4.69) is 26.8 Å². The summed E-state index contributed by atoms with van der Waals surface area (Å²) in [5.74, 6) is -0.0646. The Morgan fingerprint density at radius 1 is 1.06 bits per heavy atom. The number of aliphatic hydroxyl groups is 2. The highest BCUT2D eigenvalue weighted by molar-refractivity contribution is 5.29. The Labute approximate surface area is 190 Å². The molecule has 32 heavy (non-hydrogen) atoms. The monoisotopic (exact) mass is 458 g/mol. The van der Waals surface area contributed by atoms with Gasteiger partial charge in [-0.1, -0.05) is 39.3 Å². The van der Waals surface area contributed by atoms with Crippen molar-refractivity contribution in [3.8, 4) is 0 Å². The van der Waals surface area contributed by atoms with Gasteiger partial charge in [0.1, 0.15) is 0 Å². The molecular formula is C26H41F3O3. The average molecular weight is 459 g/mol. The van der Waals surface area contributed by atoms with E-state index in [4.69, 9.17) is 4.74 Å². The molecule has 0 aromatic heterocycles. The fraction of sp³-hybridized carbons (Fsp3) is 0.923. The number of hydrogen-bond donors (Lipinski definition) is 2. The minimum atomic E-state index is -4.56. The van der Waals surface area contributed by atoms with Crippen LogP contribution in [0.5, 0.6) is 0 Å². The van der Waals surface area contributed by atoms with Crippen molar-refractivity contribution in [3.05, 3.63) is 11.6 Å². The fourth-order valence-corrected chi connectivity index (χ4v) is 9.18. The standard InChI is InChI=1S/C26H41F3O3/c1-16(21(30)26(27,28)29)18-6-7-19-23(18,3)11-9-20-22(2)12-13-25(31,15-32-5)14-17(22)8-10-24(19,20)4/h8,16,18-21,30-31H,6-7,9-15H2,1-5H3/t16-,18+,19+,20+,21-,22-,23+,24-,25-/m0/s1. The normalized spacial score (nSPS) is 48.3. The van der Waals surface area contributed by atoms with Crippen molar-refractivity contribution < 1.29 is 28.1 Å². The maximum absolute atomic E-state index is 13.3. The zero-order valence-corrected chi connectivity index (χ0v) is 20.3. The molecule has 0 aromatic rings. The van der Waals surface area contributed by atoms with Crippen molar-refractivity contribution in [2.75, 3.05) is 13.7 Å². The molecule has 3 fully saturated rings. The van der Waals surface area contributed by atoms with Crippen molar-refractivity contribution in [3.63, 3.8) is 0 Å². The lowest BCUT2D eigenvalue weighted by Gasteiger charge is -2.64. The Balaban J connectivity index is 1.62. The van der Waals surface area contributed by atoms with Crippen molar-refractivity contribution >= 4 is 0 Å². The third kappa shape index (κ3) is 3.50. The number of methoxy groups -OCH3 is 1. The smallest absolute Gasteiger partial charge is 0.387 e. The second-order valence-electron chi connectivity index (χ2n) is 12.4. The molecule has 4 aliphatic rings. The molecule has 3 saturated carbocycles. The predicted octanol–water partition coefficient (Wildman–Crippen LogP) is 5.89. The van der Waals surface area contributed by atoms with E-state index in [1.165, 1.54) is 5.57 Å². The molecule has 0 radical (unpaired) electrons. The van der Waals surface area contributed by atoms with Gasteiger partial charge in [0.25, 0.3) is 0 Å². The van der Waals surface area contributed by atoms with E-state index in [9.17, 15) is 23.4 Å². The topological polar surface area (TPSA) is 49.7 Å². The van der Waals surface area contributed by atoms with Crippen molar-refractivity contribution in [2.24, 2.45) is 39.9 Å². The van der Waals surface area contributed by atoms with Crippen LogP contribution >= 0.6 is 0 Å². The lowest BCUT2D eigenvalue weighted by atomic mass is 9.41. The third-order valence-corrected chi connectivity index (χ3v) is 10.8. The molecule has 0 aliphatic heterocycles. The summed E-state index contributed by atoms with van der Waals surface area (Å²) in [6.07, 6.45) is 2.40. The van der Waals surface area contributed by atoms with Gasteiger partial charge < -0.3 is 14.9 Å². The van der Waals surface area contributed by atoms with Crippen LogP contribution in [0.1, 0.15) is 79.1 Å². The lowest BCUT2D eigenvalue weighted by molar-refractivity contribution is -0.228. The molecule has 0 unspecified atom stereocenters. The van der Waals surface area contributed by atoms with Gasteiger partial charge in [0.2, 0.25) is 0 Å². The van der Waals surface area contributed by atoms with Crippen LogP contribution in [-0.2, 0) is 4.74 Å². The van der Waals surface area contributed by atoms with Gasteiger partial charge in [-0.05, 0) is 91.3 Å². The number of rotatable bonds is 4. The number of ether oxygens (including phenoxy) is 1. The van der Waals surface area contributed by atoms with Crippen LogP contribution in [-0.4, -0.2) is 41.8 Å². The highest BCUT2D eigenvalue weighted by Crippen LogP contribution is 2.72. The summed E-state index contributed by atoms with van der Waals surface area (Å²) >= 11 is 0. The summed E-state index contributed by atoms with van der Waals surface area (Å²) in [6, 6.07) is 0. The van der Waals surface area contributed by atoms with E-state index < -0.39 is 23.8 Å². The SMILES string of the molecule is COC[C@]1(O)CC[C@@]2(C)C(=CC[C@@]3(C)[C@@H]4CC[C@H]([C@H](C)[C@H](O)C(F)(F)F)[C@@]4(C)CC[C@@H]32)C1. The number of halogens is 3. The van der Waals surface area contributed by atoms with Crippen molar-refractivity contribution in [2.45, 2.75) is 96.9 Å². The maximum Gasteiger partial charge on any atom is 0.414 e. The first kappa shape index (κ1) is 24.5. The first-order valence-corrected chi connectivity index (χ1v) is 12.4. The number of hydrogen-bond acceptors (Lipinski definition) is 3. The minimum absolute atomic E-state index is 0.0312. The molecule has 0 bridgehead atoms. The number of fused-ring (bicyclic) bond motifs is 5. The molecule has 0 heterocycles. The minimum Gasteiger partial charge on any atom is -0.387 e. The highest BCUT2D eigenvalue weighted by atomic mass is 19.4. The summed E-state index contributed by atoms with van der Waals surface area (Å²) < 4.78 is 45.2. The number of aliphatic hydroxyl groups excluding tert-OH is 1. The Kier molecular flexibility index (Phi) is 5.91. The molecule has 0 aromatic carbocycles. The van der Waals surface area contributed by atoms with Crippen LogP contribution in [0, 0.1) is 39.9 Å². The summed E-state index contributed by atoms with van der Waals surface area (Å²) in [4.78, 5) is 0. The van der Waals surface area contributed by atoms with Gasteiger partial charge in [0, 0.05) is 7.11 Å². The second-order valence-corrected chi connectivity index (χ2v) is 12.4. The van der Waals surface area contributed by atoms with E-state index in [1.807, 2.05) is 0 Å². The Hall–Kier alpha value is -0.590. The fourth-order valence-electron chi connectivity index (χ4n) is 9.18. The van der Waals surface area contributed by atoms with Crippen LogP contribution in [0.25, 0.3) is 0 Å². The van der Waals surface area contributed by atoms with E-state index in [0.717, 1.165) is 44.9 Å². The van der Waals surface area contributed by atoms with Gasteiger partial charge >= 0.3 is 6.18 Å². The quantitative estimate of drug-likeness (QED) is 0.516. The molecule has 4 aliphatic carbocycles. The lowest BCUT2D eigenvalue weighted by Crippen LogP contribution is -2.58. The second kappa shape index (κ2) is 7.71. The van der Waals surface area contributed by atoms with Crippen LogP contribution in [0.4, 0.5) is 13.2 Å². The van der Waals surface area contributed by atoms with Gasteiger partial charge in [-0.2, -0.15) is 13.2 Å². The molecule has 2 N–H and O–H groups in total. The average Bonchev–Trinajstić information content (AvgIpc) is 3.05. The van der Waals surface area contributed by atoms with E-state index in [0.29, 0.717) is 24.9 Å². The van der Waals surface area contributed by atoms with Gasteiger partial charge in [-0.3, -0.25) is 0 Å². The maximum atomic E-state index is 13.3. The van der Waals surface area contributed by atoms with Gasteiger partial charge in [0.05, 0.1) is 12.2 Å². The largest absolute Gasteiger partial charge is 0.414 e. The van der Waals surface area contributed by atoms with E-state index in [1.54, 1.807) is 14.0 Å². The molecule has 0 amide bonds. The summed E-state index contributed by atoms with van der Waals surface area (Å²) in [7, 11) is 1.63. The van der Waals surface area contributed by atoms with Gasteiger partial charge in [-0.15, -0.1) is 0 Å². The Bertz CT molecular complexity index is 766. The highest BCUT2D eigenvalue weighted by Gasteiger charge is 2.65. The first-order chi connectivity index (χ1) is 14.7. The zero-order valence-electron chi connectivity index (χ0n) is 20.3. The number of allylic oxidation sites excluding steroid dienone is 1. The summed E-state index contributed by atoms with van der Waals surface area (Å²) in [5, 5.41) is 21.0. The first-order valence-electron chi connectivity index (χ1n) is 12.4. The molecule has 3 nitrogen and oxygen atoms in total. The summed E-state index contributed by atoms with van der Waals surface area (Å²) in [6.45, 7) is 8.89. The Morgan fingerprint density at radius 3 is 2.38 bits per heavy atom. The van der Waals surface area contributed by atoms with Crippen LogP contribution < -0.4 is 0 Å². The van der Waals surface area contributed by atoms with Crippen molar-refractivity contribution in [1.29, 1.82) is 0 Å². The molecule has 184 valence electrons. The van der Waals surface area contributed by atoms with E-state index in [-0.39, 0.29) is 22.2 Å². The van der Waals surface area contributed by atoms with E-state index >= 15 is 0 Å². The number of alkyl halides is 3. The van der Waals surface area contributed by atoms with Gasteiger partial charge in [-0.25, -0.2) is 0 Å². The Morgan fingerprint density at radius 2 is 1.75 bits per heavy atom. The third-order valence-electron chi connectivity index (χ3n) is 10.8. The van der Waals surface area contributed by atoms with Gasteiger partial charge in [0.15, 0.2) is 6.10 Å². The van der Waals surface area contributed by atoms with Crippen LogP contribution in [0.15, 0.2) is 11.6 Å². The van der Waals surface area contributed by atoms with Crippen LogP contribution in [0.2, 0.25) is 0 Å².